The summed E-state index contributed by atoms with van der Waals surface area (Å²) in [6, 6.07) is 2.26. The van der Waals surface area contributed by atoms with Crippen molar-refractivity contribution in [3.63, 3.8) is 0 Å². The molecule has 0 unspecified atom stereocenters. The van der Waals surface area contributed by atoms with Crippen molar-refractivity contribution >= 4 is 11.6 Å². The van der Waals surface area contributed by atoms with Gasteiger partial charge in [-0.2, -0.15) is 0 Å². The SMILES string of the molecule is O=C1C=C(CO)C(=O)c2c(O)ccc(O)c21. The van der Waals surface area contributed by atoms with E-state index in [-0.39, 0.29) is 28.2 Å². The molecule has 0 aliphatic heterocycles. The van der Waals surface area contributed by atoms with Gasteiger partial charge in [0.15, 0.2) is 11.6 Å². The summed E-state index contributed by atoms with van der Waals surface area (Å²) in [5.41, 5.74) is -0.572. The van der Waals surface area contributed by atoms with Crippen LogP contribution >= 0.6 is 0 Å². The van der Waals surface area contributed by atoms with Gasteiger partial charge in [0, 0.05) is 5.57 Å². The molecular formula is C11H8O5. The number of Topliss-reactive ketones (excluding diaryl/α,β-unsaturated/α-hetero) is 1. The van der Waals surface area contributed by atoms with Gasteiger partial charge in [-0.3, -0.25) is 9.59 Å². The summed E-state index contributed by atoms with van der Waals surface area (Å²) in [5.74, 6) is -2.00. The second-order valence-corrected chi connectivity index (χ2v) is 3.37. The van der Waals surface area contributed by atoms with Crippen molar-refractivity contribution in [2.24, 2.45) is 0 Å². The van der Waals surface area contributed by atoms with Crippen molar-refractivity contribution in [1.82, 2.24) is 0 Å². The van der Waals surface area contributed by atoms with E-state index in [1.165, 1.54) is 0 Å². The number of ketones is 2. The molecule has 0 saturated heterocycles. The Labute approximate surface area is 90.3 Å². The molecule has 0 aromatic heterocycles. The van der Waals surface area contributed by atoms with Crippen molar-refractivity contribution in [3.05, 3.63) is 34.9 Å². The van der Waals surface area contributed by atoms with E-state index in [9.17, 15) is 19.8 Å². The Morgan fingerprint density at radius 1 is 1.00 bits per heavy atom. The van der Waals surface area contributed by atoms with E-state index >= 15 is 0 Å². The third-order valence-corrected chi connectivity index (χ3v) is 2.40. The number of aliphatic hydroxyl groups is 1. The van der Waals surface area contributed by atoms with Gasteiger partial charge in [0.2, 0.25) is 0 Å². The van der Waals surface area contributed by atoms with E-state index in [0.717, 1.165) is 18.2 Å². The first-order valence-corrected chi connectivity index (χ1v) is 4.51. The zero-order valence-corrected chi connectivity index (χ0v) is 8.10. The van der Waals surface area contributed by atoms with Gasteiger partial charge in [0.1, 0.15) is 11.5 Å². The molecule has 1 aliphatic carbocycles. The summed E-state index contributed by atoms with van der Waals surface area (Å²) in [4.78, 5) is 23.3. The number of benzene rings is 1. The number of rotatable bonds is 1. The third-order valence-electron chi connectivity index (χ3n) is 2.40. The largest absolute Gasteiger partial charge is 0.507 e. The van der Waals surface area contributed by atoms with Crippen LogP contribution in [-0.2, 0) is 0 Å². The average molecular weight is 220 g/mol. The molecule has 3 N–H and O–H groups in total. The van der Waals surface area contributed by atoms with Crippen LogP contribution in [0, 0.1) is 0 Å². The molecule has 5 nitrogen and oxygen atoms in total. The van der Waals surface area contributed by atoms with Crippen LogP contribution in [0.3, 0.4) is 0 Å². The molecule has 82 valence electrons. The van der Waals surface area contributed by atoms with Crippen LogP contribution in [0.2, 0.25) is 0 Å². The quantitative estimate of drug-likeness (QED) is 0.595. The van der Waals surface area contributed by atoms with Crippen molar-refractivity contribution in [3.8, 4) is 11.5 Å². The highest BCUT2D eigenvalue weighted by Gasteiger charge is 2.30. The number of carbonyl (C=O) groups is 2. The minimum Gasteiger partial charge on any atom is -0.507 e. The second-order valence-electron chi connectivity index (χ2n) is 3.37. The maximum Gasteiger partial charge on any atom is 0.196 e. The molecule has 0 heterocycles. The monoisotopic (exact) mass is 220 g/mol. The number of hydrogen-bond donors (Lipinski definition) is 3. The summed E-state index contributed by atoms with van der Waals surface area (Å²) in [5, 5.41) is 27.8. The molecule has 5 heteroatoms. The summed E-state index contributed by atoms with van der Waals surface area (Å²) >= 11 is 0. The highest BCUT2D eigenvalue weighted by molar-refractivity contribution is 6.26. The van der Waals surface area contributed by atoms with E-state index in [1.807, 2.05) is 0 Å². The molecule has 0 atom stereocenters. The van der Waals surface area contributed by atoms with E-state index in [4.69, 9.17) is 5.11 Å². The Morgan fingerprint density at radius 3 is 2.12 bits per heavy atom. The standard InChI is InChI=1S/C11H8O5/c12-4-5-3-8(15)9-6(13)1-2-7(14)10(9)11(5)16/h1-3,12-14H,4H2. The Morgan fingerprint density at radius 2 is 1.56 bits per heavy atom. The second kappa shape index (κ2) is 3.46. The predicted octanol–water partition coefficient (Wildman–Crippen LogP) is 0.395. The minimum atomic E-state index is -0.648. The number of hydrogen-bond acceptors (Lipinski definition) is 5. The van der Waals surface area contributed by atoms with Gasteiger partial charge in [-0.25, -0.2) is 0 Å². The highest BCUT2D eigenvalue weighted by Crippen LogP contribution is 2.34. The van der Waals surface area contributed by atoms with Crippen molar-refractivity contribution in [1.29, 1.82) is 0 Å². The van der Waals surface area contributed by atoms with Crippen molar-refractivity contribution in [2.45, 2.75) is 0 Å². The summed E-state index contributed by atoms with van der Waals surface area (Å²) in [7, 11) is 0. The number of allylic oxidation sites excluding steroid dienone is 1. The van der Waals surface area contributed by atoms with Crippen LogP contribution in [0.5, 0.6) is 11.5 Å². The van der Waals surface area contributed by atoms with Gasteiger partial charge in [0.05, 0.1) is 17.7 Å². The van der Waals surface area contributed by atoms with Gasteiger partial charge in [0.25, 0.3) is 0 Å². The van der Waals surface area contributed by atoms with E-state index in [0.29, 0.717) is 0 Å². The van der Waals surface area contributed by atoms with Gasteiger partial charge in [-0.15, -0.1) is 0 Å². The molecule has 16 heavy (non-hydrogen) atoms. The first kappa shape index (κ1) is 10.4. The molecule has 0 spiro atoms. The molecular weight excluding hydrogens is 212 g/mol. The average Bonchev–Trinajstić information content (AvgIpc) is 2.26. The highest BCUT2D eigenvalue weighted by atomic mass is 16.3. The molecule has 0 bridgehead atoms. The normalized spacial score (nSPS) is 14.7. The third kappa shape index (κ3) is 1.30. The molecule has 1 aromatic rings. The molecule has 1 aliphatic rings. The number of aliphatic hydroxyl groups excluding tert-OH is 1. The fourth-order valence-corrected chi connectivity index (χ4v) is 1.63. The maximum absolute atomic E-state index is 11.7. The van der Waals surface area contributed by atoms with Crippen LogP contribution in [-0.4, -0.2) is 33.5 Å². The fourth-order valence-electron chi connectivity index (χ4n) is 1.63. The number of carbonyl (C=O) groups excluding carboxylic acids is 2. The predicted molar refractivity (Wildman–Crippen MR) is 53.6 cm³/mol. The summed E-state index contributed by atoms with van der Waals surface area (Å²) < 4.78 is 0. The number of aromatic hydroxyl groups is 2. The first-order valence-electron chi connectivity index (χ1n) is 4.51. The molecule has 0 amide bonds. The van der Waals surface area contributed by atoms with Gasteiger partial charge in [-0.1, -0.05) is 0 Å². The van der Waals surface area contributed by atoms with Crippen molar-refractivity contribution in [2.75, 3.05) is 6.61 Å². The number of fused-ring (bicyclic) bond motifs is 1. The lowest BCUT2D eigenvalue weighted by Crippen LogP contribution is -2.19. The van der Waals surface area contributed by atoms with Gasteiger partial charge >= 0.3 is 0 Å². The van der Waals surface area contributed by atoms with E-state index < -0.39 is 18.2 Å². The van der Waals surface area contributed by atoms with Crippen LogP contribution in [0.15, 0.2) is 23.8 Å². The Balaban J connectivity index is 2.75. The van der Waals surface area contributed by atoms with Gasteiger partial charge < -0.3 is 15.3 Å². The van der Waals surface area contributed by atoms with Crippen molar-refractivity contribution < 1.29 is 24.9 Å². The molecule has 2 rings (SSSR count). The fraction of sp³-hybridized carbons (Fsp3) is 0.0909. The van der Waals surface area contributed by atoms with Gasteiger partial charge in [-0.05, 0) is 18.2 Å². The lowest BCUT2D eigenvalue weighted by molar-refractivity contribution is 0.0967. The maximum atomic E-state index is 11.7. The molecule has 0 fully saturated rings. The Bertz CT molecular complexity index is 527. The molecule has 1 aromatic carbocycles. The Kier molecular flexibility index (Phi) is 2.25. The zero-order chi connectivity index (χ0) is 11.9. The topological polar surface area (TPSA) is 94.8 Å². The first-order chi connectivity index (χ1) is 7.56. The lowest BCUT2D eigenvalue weighted by Gasteiger charge is -2.15. The van der Waals surface area contributed by atoms with Crippen LogP contribution < -0.4 is 0 Å². The number of phenolic OH excluding ortho intramolecular Hbond substituents is 2. The van der Waals surface area contributed by atoms with E-state index in [1.54, 1.807) is 0 Å². The number of phenols is 2. The summed E-state index contributed by atoms with van der Waals surface area (Å²) in [6.45, 7) is -0.584. The minimum absolute atomic E-state index is 0.0987. The Hall–Kier alpha value is -2.14. The van der Waals surface area contributed by atoms with Crippen LogP contribution in [0.1, 0.15) is 20.7 Å². The van der Waals surface area contributed by atoms with Crippen LogP contribution in [0.4, 0.5) is 0 Å². The lowest BCUT2D eigenvalue weighted by atomic mass is 9.88. The summed E-state index contributed by atoms with van der Waals surface area (Å²) in [6.07, 6.45) is 0.962. The molecule has 0 radical (unpaired) electrons. The van der Waals surface area contributed by atoms with Crippen LogP contribution in [0.25, 0.3) is 0 Å². The zero-order valence-electron chi connectivity index (χ0n) is 8.10. The molecule has 0 saturated carbocycles. The van der Waals surface area contributed by atoms with E-state index in [2.05, 4.69) is 0 Å². The smallest absolute Gasteiger partial charge is 0.196 e.